The van der Waals surface area contributed by atoms with Gasteiger partial charge in [0.05, 0.1) is 4.90 Å². The van der Waals surface area contributed by atoms with E-state index in [4.69, 9.17) is 11.6 Å². The van der Waals surface area contributed by atoms with Crippen LogP contribution in [0.15, 0.2) is 94.7 Å². The maximum absolute atomic E-state index is 13.5. The summed E-state index contributed by atoms with van der Waals surface area (Å²) >= 11 is 6.04. The first-order valence-electron chi connectivity index (χ1n) is 11.5. The van der Waals surface area contributed by atoms with Crippen LogP contribution in [0.4, 0.5) is 5.69 Å². The molecule has 5 rings (SSSR count). The van der Waals surface area contributed by atoms with E-state index in [1.165, 1.54) is 22.0 Å². The van der Waals surface area contributed by atoms with E-state index in [1.807, 2.05) is 0 Å². The molecule has 2 heterocycles. The SMILES string of the molecule is CN(C1CCCN(c2ccc(-n3ccccc3=O)cc2)C1=O)S(=O)(=O)c1ccc2cc(Cl)ccc2c1. The molecule has 0 saturated carbocycles. The molecule has 0 bridgehead atoms. The molecular formula is C27H24ClN3O4S. The van der Waals surface area contributed by atoms with E-state index < -0.39 is 16.1 Å². The third kappa shape index (κ3) is 4.43. The maximum Gasteiger partial charge on any atom is 0.255 e. The van der Waals surface area contributed by atoms with Crippen molar-refractivity contribution in [2.24, 2.45) is 0 Å². The summed E-state index contributed by atoms with van der Waals surface area (Å²) in [6.07, 6.45) is 2.78. The van der Waals surface area contributed by atoms with Gasteiger partial charge in [0.15, 0.2) is 0 Å². The van der Waals surface area contributed by atoms with Gasteiger partial charge in [-0.2, -0.15) is 4.31 Å². The summed E-state index contributed by atoms with van der Waals surface area (Å²) in [5, 5.41) is 2.17. The van der Waals surface area contributed by atoms with E-state index in [2.05, 4.69) is 0 Å². The molecule has 0 N–H and O–H groups in total. The van der Waals surface area contributed by atoms with Crippen LogP contribution in [-0.4, -0.2) is 42.8 Å². The summed E-state index contributed by atoms with van der Waals surface area (Å²) in [6.45, 7) is 0.491. The van der Waals surface area contributed by atoms with Crippen molar-refractivity contribution in [1.29, 1.82) is 0 Å². The van der Waals surface area contributed by atoms with E-state index >= 15 is 0 Å². The Labute approximate surface area is 214 Å². The third-order valence-corrected chi connectivity index (χ3v) is 8.66. The van der Waals surface area contributed by atoms with Crippen LogP contribution >= 0.6 is 11.6 Å². The molecular weight excluding hydrogens is 498 g/mol. The summed E-state index contributed by atoms with van der Waals surface area (Å²) in [4.78, 5) is 27.3. The van der Waals surface area contributed by atoms with Gasteiger partial charge < -0.3 is 4.90 Å². The summed E-state index contributed by atoms with van der Waals surface area (Å²) in [6, 6.07) is 21.3. The Morgan fingerprint density at radius 1 is 0.889 bits per heavy atom. The number of nitrogens with zero attached hydrogens (tertiary/aromatic N) is 3. The lowest BCUT2D eigenvalue weighted by Crippen LogP contribution is -2.53. The lowest BCUT2D eigenvalue weighted by Gasteiger charge is -2.36. The van der Waals surface area contributed by atoms with Crippen molar-refractivity contribution >= 4 is 44.0 Å². The molecule has 1 atom stereocenters. The fourth-order valence-corrected chi connectivity index (χ4v) is 6.13. The normalized spacial score (nSPS) is 16.6. The van der Waals surface area contributed by atoms with Gasteiger partial charge in [0, 0.05) is 42.3 Å². The van der Waals surface area contributed by atoms with Crippen molar-refractivity contribution in [2.75, 3.05) is 18.5 Å². The Balaban J connectivity index is 1.40. The van der Waals surface area contributed by atoms with Gasteiger partial charge in [0.1, 0.15) is 6.04 Å². The third-order valence-electron chi connectivity index (χ3n) is 6.56. The first-order chi connectivity index (χ1) is 17.3. The molecule has 0 aliphatic carbocycles. The van der Waals surface area contributed by atoms with Crippen LogP contribution in [0.2, 0.25) is 5.02 Å². The van der Waals surface area contributed by atoms with Crippen LogP contribution < -0.4 is 10.5 Å². The van der Waals surface area contributed by atoms with Crippen LogP contribution in [-0.2, 0) is 14.8 Å². The molecule has 9 heteroatoms. The second-order valence-electron chi connectivity index (χ2n) is 8.75. The number of benzene rings is 3. The molecule has 0 radical (unpaired) electrons. The van der Waals surface area contributed by atoms with Gasteiger partial charge in [0.25, 0.3) is 5.56 Å². The van der Waals surface area contributed by atoms with Gasteiger partial charge in [-0.05, 0) is 78.2 Å². The number of hydrogen-bond donors (Lipinski definition) is 0. The van der Waals surface area contributed by atoms with E-state index in [0.717, 1.165) is 10.8 Å². The number of pyridine rings is 1. The van der Waals surface area contributed by atoms with Gasteiger partial charge in [-0.1, -0.05) is 29.8 Å². The molecule has 1 fully saturated rings. The molecule has 3 aromatic carbocycles. The Hall–Kier alpha value is -3.46. The van der Waals surface area contributed by atoms with E-state index in [1.54, 1.807) is 83.9 Å². The number of carbonyl (C=O) groups excluding carboxylic acids is 1. The highest BCUT2D eigenvalue weighted by atomic mass is 35.5. The summed E-state index contributed by atoms with van der Waals surface area (Å²) in [5.74, 6) is -0.274. The van der Waals surface area contributed by atoms with E-state index in [9.17, 15) is 18.0 Å². The number of hydrogen-bond acceptors (Lipinski definition) is 4. The number of aromatic nitrogens is 1. The minimum absolute atomic E-state index is 0.127. The Bertz CT molecular complexity index is 1620. The average Bonchev–Trinajstić information content (AvgIpc) is 2.88. The van der Waals surface area contributed by atoms with Crippen molar-refractivity contribution in [3.05, 3.63) is 100 Å². The molecule has 1 saturated heterocycles. The smallest absolute Gasteiger partial charge is 0.255 e. The molecule has 1 aromatic heterocycles. The monoisotopic (exact) mass is 521 g/mol. The van der Waals surface area contributed by atoms with Crippen LogP contribution in [0.25, 0.3) is 16.5 Å². The number of sulfonamides is 1. The molecule has 0 spiro atoms. The zero-order valence-corrected chi connectivity index (χ0v) is 21.1. The highest BCUT2D eigenvalue weighted by molar-refractivity contribution is 7.89. The van der Waals surface area contributed by atoms with Gasteiger partial charge in [0.2, 0.25) is 15.9 Å². The topological polar surface area (TPSA) is 79.7 Å². The number of anilines is 1. The van der Waals surface area contributed by atoms with Crippen LogP contribution in [0, 0.1) is 0 Å². The number of carbonyl (C=O) groups is 1. The average molecular weight is 522 g/mol. The predicted octanol–water partition coefficient (Wildman–Crippen LogP) is 4.46. The quantitative estimate of drug-likeness (QED) is 0.388. The first-order valence-corrected chi connectivity index (χ1v) is 13.3. The second kappa shape index (κ2) is 9.54. The summed E-state index contributed by atoms with van der Waals surface area (Å²) in [7, 11) is -2.45. The highest BCUT2D eigenvalue weighted by Gasteiger charge is 2.38. The Kier molecular flexibility index (Phi) is 6.42. The molecule has 7 nitrogen and oxygen atoms in total. The van der Waals surface area contributed by atoms with Crippen molar-refractivity contribution in [1.82, 2.24) is 8.87 Å². The predicted molar refractivity (Wildman–Crippen MR) is 141 cm³/mol. The maximum atomic E-state index is 13.5. The summed E-state index contributed by atoms with van der Waals surface area (Å²) < 4.78 is 29.6. The Morgan fingerprint density at radius 2 is 1.58 bits per heavy atom. The number of halogens is 1. The number of likely N-dealkylation sites (N-methyl/N-ethyl adjacent to an activating group) is 1. The fourth-order valence-electron chi connectivity index (χ4n) is 4.57. The van der Waals surface area contributed by atoms with Crippen molar-refractivity contribution in [3.63, 3.8) is 0 Å². The van der Waals surface area contributed by atoms with Crippen LogP contribution in [0.5, 0.6) is 0 Å². The highest BCUT2D eigenvalue weighted by Crippen LogP contribution is 2.29. The second-order valence-corrected chi connectivity index (χ2v) is 11.2. The van der Waals surface area contributed by atoms with Gasteiger partial charge in [-0.25, -0.2) is 8.42 Å². The minimum Gasteiger partial charge on any atom is -0.311 e. The molecule has 36 heavy (non-hydrogen) atoms. The molecule has 1 aliphatic rings. The Morgan fingerprint density at radius 3 is 2.33 bits per heavy atom. The zero-order valence-electron chi connectivity index (χ0n) is 19.5. The van der Waals surface area contributed by atoms with Crippen LogP contribution in [0.1, 0.15) is 12.8 Å². The largest absolute Gasteiger partial charge is 0.311 e. The van der Waals surface area contributed by atoms with Crippen LogP contribution in [0.3, 0.4) is 0 Å². The minimum atomic E-state index is -3.91. The molecule has 184 valence electrons. The number of amides is 1. The van der Waals surface area contributed by atoms with E-state index in [-0.39, 0.29) is 16.4 Å². The van der Waals surface area contributed by atoms with Crippen molar-refractivity contribution in [3.8, 4) is 5.69 Å². The molecule has 1 unspecified atom stereocenters. The van der Waals surface area contributed by atoms with Gasteiger partial charge in [-0.3, -0.25) is 14.2 Å². The lowest BCUT2D eigenvalue weighted by molar-refractivity contribution is -0.123. The van der Waals surface area contributed by atoms with Gasteiger partial charge in [-0.15, -0.1) is 0 Å². The number of piperidine rings is 1. The summed E-state index contributed by atoms with van der Waals surface area (Å²) in [5.41, 5.74) is 1.19. The first kappa shape index (κ1) is 24.2. The number of fused-ring (bicyclic) bond motifs is 1. The molecule has 4 aromatic rings. The fraction of sp³-hybridized carbons (Fsp3) is 0.185. The molecule has 1 aliphatic heterocycles. The van der Waals surface area contributed by atoms with Gasteiger partial charge >= 0.3 is 0 Å². The molecule has 1 amide bonds. The zero-order chi connectivity index (χ0) is 25.4. The number of rotatable bonds is 5. The lowest BCUT2D eigenvalue weighted by atomic mass is 10.0. The van der Waals surface area contributed by atoms with Crippen molar-refractivity contribution in [2.45, 2.75) is 23.8 Å². The standard InChI is InChI=1S/C27H24ClN3O4S/c1-29(36(34,35)24-14-8-19-17-21(28)9-7-20(19)18-24)25-5-4-16-31(27(25)33)23-12-10-22(11-13-23)30-15-3-2-6-26(30)32/h2-3,6-15,17-18,25H,4-5,16H2,1H3. The van der Waals surface area contributed by atoms with E-state index in [0.29, 0.717) is 35.8 Å². The van der Waals surface area contributed by atoms with Crippen molar-refractivity contribution < 1.29 is 13.2 Å².